The van der Waals surface area contributed by atoms with Crippen molar-refractivity contribution >= 4 is 29.1 Å². The highest BCUT2D eigenvalue weighted by molar-refractivity contribution is 7.99. The van der Waals surface area contributed by atoms with Crippen molar-refractivity contribution in [2.24, 2.45) is 0 Å². The monoisotopic (exact) mass is 428 g/mol. The Balaban J connectivity index is 1.64. The van der Waals surface area contributed by atoms with E-state index >= 15 is 0 Å². The Morgan fingerprint density at radius 3 is 2.57 bits per heavy atom. The van der Waals surface area contributed by atoms with E-state index in [2.05, 4.69) is 15.5 Å². The van der Waals surface area contributed by atoms with Crippen LogP contribution in [0.25, 0.3) is 0 Å². The molecule has 2 aromatic carbocycles. The molecule has 0 fully saturated rings. The number of para-hydroxylation sites is 2. The van der Waals surface area contributed by atoms with Gasteiger partial charge in [0, 0.05) is 12.1 Å². The average Bonchev–Trinajstić information content (AvgIpc) is 3.14. The number of carbonyl (C=O) groups is 2. The maximum atomic E-state index is 13.0. The number of ether oxygens (including phenoxy) is 1. The molecule has 0 saturated heterocycles. The van der Waals surface area contributed by atoms with Gasteiger partial charge in [-0.2, -0.15) is 0 Å². The molecule has 9 heteroatoms. The average molecular weight is 428 g/mol. The highest BCUT2D eigenvalue weighted by Gasteiger charge is 2.17. The van der Waals surface area contributed by atoms with Crippen LogP contribution in [0.5, 0.6) is 5.75 Å². The Labute approximate surface area is 177 Å². The lowest BCUT2D eigenvalue weighted by atomic mass is 10.1. The normalized spacial score (nSPS) is 10.6. The molecule has 0 saturated carbocycles. The predicted octanol–water partition coefficient (Wildman–Crippen LogP) is 3.60. The summed E-state index contributed by atoms with van der Waals surface area (Å²) in [5, 5.41) is 11.6. The van der Waals surface area contributed by atoms with Crippen molar-refractivity contribution in [3.8, 4) is 5.75 Å². The van der Waals surface area contributed by atoms with E-state index in [0.717, 1.165) is 0 Å². The van der Waals surface area contributed by atoms with Crippen molar-refractivity contribution in [1.82, 2.24) is 14.8 Å². The minimum Gasteiger partial charge on any atom is -0.495 e. The first-order chi connectivity index (χ1) is 14.5. The topological polar surface area (TPSA) is 86.1 Å². The van der Waals surface area contributed by atoms with Gasteiger partial charge in [-0.15, -0.1) is 10.2 Å². The van der Waals surface area contributed by atoms with E-state index in [1.54, 1.807) is 22.8 Å². The van der Waals surface area contributed by atoms with Crippen LogP contribution < -0.4 is 10.1 Å². The van der Waals surface area contributed by atoms with Gasteiger partial charge < -0.3 is 14.6 Å². The maximum absolute atomic E-state index is 13.0. The van der Waals surface area contributed by atoms with Gasteiger partial charge in [-0.25, -0.2) is 4.39 Å². The number of Topliss-reactive ketones (excluding diaryl/α,β-unsaturated/α-hetero) is 1. The molecule has 0 atom stereocenters. The minimum atomic E-state index is -0.388. The molecule has 30 heavy (non-hydrogen) atoms. The van der Waals surface area contributed by atoms with Gasteiger partial charge in [0.25, 0.3) is 0 Å². The van der Waals surface area contributed by atoms with Crippen LogP contribution in [0.3, 0.4) is 0 Å². The third-order valence-electron chi connectivity index (χ3n) is 4.31. The van der Waals surface area contributed by atoms with E-state index in [1.807, 2.05) is 13.0 Å². The fourth-order valence-corrected chi connectivity index (χ4v) is 3.73. The molecule has 1 aromatic heterocycles. The molecule has 1 amide bonds. The van der Waals surface area contributed by atoms with Gasteiger partial charge in [0.05, 0.1) is 25.0 Å². The summed E-state index contributed by atoms with van der Waals surface area (Å²) < 4.78 is 20.0. The molecule has 0 aliphatic rings. The third kappa shape index (κ3) is 5.24. The number of thioether (sulfide) groups is 1. The Kier molecular flexibility index (Phi) is 7.18. The predicted molar refractivity (Wildman–Crippen MR) is 112 cm³/mol. The molecular formula is C21H21FN4O3S. The lowest BCUT2D eigenvalue weighted by Crippen LogP contribution is -2.18. The lowest BCUT2D eigenvalue weighted by Gasteiger charge is -2.10. The fourth-order valence-electron chi connectivity index (χ4n) is 2.81. The number of methoxy groups -OCH3 is 1. The maximum Gasteiger partial charge on any atom is 0.232 e. The quantitative estimate of drug-likeness (QED) is 0.414. The van der Waals surface area contributed by atoms with E-state index < -0.39 is 0 Å². The molecule has 0 bridgehead atoms. The largest absolute Gasteiger partial charge is 0.495 e. The molecule has 3 aromatic rings. The third-order valence-corrected chi connectivity index (χ3v) is 5.27. The number of nitrogens with one attached hydrogen (secondary N) is 1. The smallest absolute Gasteiger partial charge is 0.232 e. The van der Waals surface area contributed by atoms with Crippen molar-refractivity contribution in [3.63, 3.8) is 0 Å². The SMILES string of the molecule is CCn1c(CC(=O)Nc2ccccc2OC)nnc1SCC(=O)c1ccc(F)cc1. The Hall–Kier alpha value is -3.20. The zero-order chi connectivity index (χ0) is 21.5. The van der Waals surface area contributed by atoms with Gasteiger partial charge in [-0.1, -0.05) is 23.9 Å². The lowest BCUT2D eigenvalue weighted by molar-refractivity contribution is -0.115. The van der Waals surface area contributed by atoms with E-state index in [-0.39, 0.29) is 29.7 Å². The summed E-state index contributed by atoms with van der Waals surface area (Å²) in [4.78, 5) is 24.8. The first kappa shape index (κ1) is 21.5. The van der Waals surface area contributed by atoms with Crippen LogP contribution in [0.1, 0.15) is 23.1 Å². The van der Waals surface area contributed by atoms with Crippen molar-refractivity contribution in [2.45, 2.75) is 25.0 Å². The molecule has 7 nitrogen and oxygen atoms in total. The first-order valence-electron chi connectivity index (χ1n) is 9.28. The summed E-state index contributed by atoms with van der Waals surface area (Å²) in [6.07, 6.45) is 0.0331. The number of carbonyl (C=O) groups excluding carboxylic acids is 2. The zero-order valence-corrected chi connectivity index (χ0v) is 17.4. The van der Waals surface area contributed by atoms with E-state index in [4.69, 9.17) is 4.74 Å². The van der Waals surface area contributed by atoms with Crippen LogP contribution in [0.2, 0.25) is 0 Å². The summed E-state index contributed by atoms with van der Waals surface area (Å²) in [6, 6.07) is 12.6. The van der Waals surface area contributed by atoms with Gasteiger partial charge in [0.1, 0.15) is 17.4 Å². The van der Waals surface area contributed by atoms with Gasteiger partial charge in [0.15, 0.2) is 10.9 Å². The highest BCUT2D eigenvalue weighted by Crippen LogP contribution is 2.24. The molecule has 0 aliphatic carbocycles. The molecule has 0 spiro atoms. The number of aromatic nitrogens is 3. The number of benzene rings is 2. The number of amides is 1. The number of rotatable bonds is 9. The first-order valence-corrected chi connectivity index (χ1v) is 10.3. The van der Waals surface area contributed by atoms with Gasteiger partial charge in [0.2, 0.25) is 5.91 Å². The highest BCUT2D eigenvalue weighted by atomic mass is 32.2. The van der Waals surface area contributed by atoms with E-state index in [0.29, 0.717) is 34.5 Å². The molecule has 0 aliphatic heterocycles. The molecule has 156 valence electrons. The zero-order valence-electron chi connectivity index (χ0n) is 16.6. The molecule has 1 N–H and O–H groups in total. The summed E-state index contributed by atoms with van der Waals surface area (Å²) in [6.45, 7) is 2.47. The summed E-state index contributed by atoms with van der Waals surface area (Å²) in [5.41, 5.74) is 1.01. The number of hydrogen-bond acceptors (Lipinski definition) is 6. The van der Waals surface area contributed by atoms with Gasteiger partial charge in [-0.3, -0.25) is 9.59 Å². The van der Waals surface area contributed by atoms with E-state index in [9.17, 15) is 14.0 Å². The summed E-state index contributed by atoms with van der Waals surface area (Å²) >= 11 is 1.23. The fraction of sp³-hybridized carbons (Fsp3) is 0.238. The summed E-state index contributed by atoms with van der Waals surface area (Å²) in [7, 11) is 1.54. The van der Waals surface area contributed by atoms with Crippen LogP contribution in [-0.4, -0.2) is 39.3 Å². The second kappa shape index (κ2) is 10.0. The number of anilines is 1. The minimum absolute atomic E-state index is 0.0331. The van der Waals surface area contributed by atoms with Crippen LogP contribution in [0.4, 0.5) is 10.1 Å². The van der Waals surface area contributed by atoms with Crippen LogP contribution in [0.15, 0.2) is 53.7 Å². The Bertz CT molecular complexity index is 1040. The van der Waals surface area contributed by atoms with Crippen LogP contribution >= 0.6 is 11.8 Å². The van der Waals surface area contributed by atoms with Crippen molar-refractivity contribution < 1.29 is 18.7 Å². The van der Waals surface area contributed by atoms with Crippen LogP contribution in [-0.2, 0) is 17.8 Å². The van der Waals surface area contributed by atoms with Crippen molar-refractivity contribution in [2.75, 3.05) is 18.2 Å². The summed E-state index contributed by atoms with van der Waals surface area (Å²) in [5.74, 6) is 0.430. The number of ketones is 1. The molecule has 1 heterocycles. The Morgan fingerprint density at radius 2 is 1.87 bits per heavy atom. The number of nitrogens with zero attached hydrogens (tertiary/aromatic N) is 3. The van der Waals surface area contributed by atoms with Crippen molar-refractivity contribution in [3.05, 3.63) is 65.7 Å². The molecule has 0 radical (unpaired) electrons. The number of halogens is 1. The standard InChI is InChI=1S/C21H21FN4O3S/c1-3-26-19(12-20(28)23-16-6-4-5-7-18(16)29-2)24-25-21(26)30-13-17(27)14-8-10-15(22)11-9-14/h4-11H,3,12-13H2,1-2H3,(H,23,28). The van der Waals surface area contributed by atoms with Gasteiger partial charge in [-0.05, 0) is 43.3 Å². The second-order valence-electron chi connectivity index (χ2n) is 6.29. The van der Waals surface area contributed by atoms with E-state index in [1.165, 1.54) is 43.1 Å². The van der Waals surface area contributed by atoms with Gasteiger partial charge >= 0.3 is 0 Å². The Morgan fingerprint density at radius 1 is 1.13 bits per heavy atom. The molecular weight excluding hydrogens is 407 g/mol. The van der Waals surface area contributed by atoms with Crippen LogP contribution in [0, 0.1) is 5.82 Å². The molecule has 3 rings (SSSR count). The number of hydrogen-bond donors (Lipinski definition) is 1. The van der Waals surface area contributed by atoms with Crippen molar-refractivity contribution in [1.29, 1.82) is 0 Å². The second-order valence-corrected chi connectivity index (χ2v) is 7.23. The molecule has 0 unspecified atom stereocenters.